The van der Waals surface area contributed by atoms with Crippen LogP contribution >= 0.6 is 0 Å². The third kappa shape index (κ3) is 5.53. The molecule has 0 bridgehead atoms. The predicted molar refractivity (Wildman–Crippen MR) is 96.3 cm³/mol. The summed E-state index contributed by atoms with van der Waals surface area (Å²) in [7, 11) is 0. The molecule has 0 saturated heterocycles. The summed E-state index contributed by atoms with van der Waals surface area (Å²) in [5.41, 5.74) is -0.104. The summed E-state index contributed by atoms with van der Waals surface area (Å²) < 4.78 is 1.30. The van der Waals surface area contributed by atoms with Gasteiger partial charge in [-0.2, -0.15) is 5.10 Å². The lowest BCUT2D eigenvalue weighted by Crippen LogP contribution is -2.42. The Kier molecular flexibility index (Phi) is 6.09. The normalized spacial score (nSPS) is 11.4. The van der Waals surface area contributed by atoms with E-state index in [0.29, 0.717) is 13.1 Å². The van der Waals surface area contributed by atoms with E-state index in [1.54, 1.807) is 18.7 Å². The summed E-state index contributed by atoms with van der Waals surface area (Å²) in [6.45, 7) is 6.24. The van der Waals surface area contributed by atoms with Crippen LogP contribution in [0.25, 0.3) is 0 Å². The van der Waals surface area contributed by atoms with E-state index >= 15 is 0 Å². The first kappa shape index (κ1) is 18.9. The molecular weight excluding hydrogens is 318 g/mol. The van der Waals surface area contributed by atoms with Crippen LogP contribution in [0.1, 0.15) is 43.2 Å². The minimum absolute atomic E-state index is 0.162. The summed E-state index contributed by atoms with van der Waals surface area (Å²) in [5, 5.41) is 14.4. The van der Waals surface area contributed by atoms with Crippen molar-refractivity contribution in [1.82, 2.24) is 14.7 Å². The topological polar surface area (TPSA) is 75.4 Å². The minimum Gasteiger partial charge on any atom is -0.389 e. The number of amides is 1. The lowest BCUT2D eigenvalue weighted by atomic mass is 10.1. The maximum atomic E-state index is 12.9. The molecule has 1 aromatic heterocycles. The van der Waals surface area contributed by atoms with E-state index in [0.717, 1.165) is 12.0 Å². The molecule has 25 heavy (non-hydrogen) atoms. The van der Waals surface area contributed by atoms with Crippen molar-refractivity contribution in [1.29, 1.82) is 0 Å². The predicted octanol–water partition coefficient (Wildman–Crippen LogP) is 2.07. The molecule has 2 rings (SSSR count). The quantitative estimate of drug-likeness (QED) is 0.835. The van der Waals surface area contributed by atoms with Crippen molar-refractivity contribution in [2.75, 3.05) is 6.54 Å². The highest BCUT2D eigenvalue weighted by Crippen LogP contribution is 2.13. The Morgan fingerprint density at radius 2 is 1.88 bits per heavy atom. The highest BCUT2D eigenvalue weighted by atomic mass is 16.3. The van der Waals surface area contributed by atoms with Gasteiger partial charge in [-0.3, -0.25) is 9.59 Å². The Bertz CT molecular complexity index is 763. The molecule has 0 aliphatic carbocycles. The molecular formula is C19H25N3O3. The number of aromatic nitrogens is 2. The zero-order chi connectivity index (χ0) is 18.4. The van der Waals surface area contributed by atoms with Gasteiger partial charge >= 0.3 is 0 Å². The lowest BCUT2D eigenvalue weighted by Gasteiger charge is -2.29. The maximum absolute atomic E-state index is 12.9. The molecule has 0 radical (unpaired) electrons. The largest absolute Gasteiger partial charge is 0.389 e. The Morgan fingerprint density at radius 1 is 1.20 bits per heavy atom. The summed E-state index contributed by atoms with van der Waals surface area (Å²) in [4.78, 5) is 26.3. The molecule has 0 fully saturated rings. The number of aryl methyl sites for hydroxylation is 1. The number of rotatable bonds is 7. The summed E-state index contributed by atoms with van der Waals surface area (Å²) in [6.07, 6.45) is 0.752. The van der Waals surface area contributed by atoms with E-state index in [9.17, 15) is 14.7 Å². The van der Waals surface area contributed by atoms with Gasteiger partial charge in [0.15, 0.2) is 0 Å². The van der Waals surface area contributed by atoms with Crippen molar-refractivity contribution in [2.24, 2.45) is 0 Å². The molecule has 1 heterocycles. The number of carbonyl (C=O) groups is 1. The summed E-state index contributed by atoms with van der Waals surface area (Å²) >= 11 is 0. The Morgan fingerprint density at radius 3 is 2.48 bits per heavy atom. The van der Waals surface area contributed by atoms with Gasteiger partial charge in [0.1, 0.15) is 5.69 Å². The molecule has 0 unspecified atom stereocenters. The summed E-state index contributed by atoms with van der Waals surface area (Å²) in [5.74, 6) is -0.309. The van der Waals surface area contributed by atoms with Crippen molar-refractivity contribution in [2.45, 2.75) is 45.9 Å². The molecule has 2 aromatic rings. The fraction of sp³-hybridized carbons (Fsp3) is 0.421. The van der Waals surface area contributed by atoms with Crippen LogP contribution < -0.4 is 5.56 Å². The third-order valence-corrected chi connectivity index (χ3v) is 3.60. The molecule has 1 amide bonds. The van der Waals surface area contributed by atoms with Crippen LogP contribution in [0, 0.1) is 0 Å². The van der Waals surface area contributed by atoms with E-state index < -0.39 is 5.60 Å². The van der Waals surface area contributed by atoms with Gasteiger partial charge < -0.3 is 10.0 Å². The van der Waals surface area contributed by atoms with Gasteiger partial charge in [0.05, 0.1) is 5.60 Å². The summed E-state index contributed by atoms with van der Waals surface area (Å²) in [6, 6.07) is 12.4. The Hall–Kier alpha value is -2.47. The number of hydrogen-bond donors (Lipinski definition) is 1. The van der Waals surface area contributed by atoms with Gasteiger partial charge in [-0.15, -0.1) is 0 Å². The van der Waals surface area contributed by atoms with Crippen LogP contribution in [0.4, 0.5) is 0 Å². The second-order valence-electron chi connectivity index (χ2n) is 6.74. The molecule has 0 aliphatic heterocycles. The van der Waals surface area contributed by atoms with Crippen molar-refractivity contribution < 1.29 is 9.90 Å². The average molecular weight is 343 g/mol. The molecule has 0 saturated carbocycles. The van der Waals surface area contributed by atoms with Crippen LogP contribution in [0.15, 0.2) is 47.3 Å². The van der Waals surface area contributed by atoms with Gasteiger partial charge in [0.2, 0.25) is 0 Å². The number of aliphatic hydroxyl groups is 1. The van der Waals surface area contributed by atoms with Crippen molar-refractivity contribution in [3.8, 4) is 0 Å². The average Bonchev–Trinajstić information content (AvgIpc) is 2.55. The lowest BCUT2D eigenvalue weighted by molar-refractivity contribution is 0.0275. The molecule has 134 valence electrons. The first-order valence-electron chi connectivity index (χ1n) is 8.44. The molecule has 0 spiro atoms. The van der Waals surface area contributed by atoms with Gasteiger partial charge in [-0.25, -0.2) is 4.68 Å². The molecule has 6 heteroatoms. The molecule has 0 aliphatic rings. The molecule has 6 nitrogen and oxygen atoms in total. The SMILES string of the molecule is CCCn1nc(C(=O)N(Cc2ccccc2)CC(C)(C)O)ccc1=O. The van der Waals surface area contributed by atoms with E-state index in [2.05, 4.69) is 5.10 Å². The molecule has 0 atom stereocenters. The number of benzene rings is 1. The second kappa shape index (κ2) is 8.07. The third-order valence-electron chi connectivity index (χ3n) is 3.60. The van der Waals surface area contributed by atoms with E-state index in [-0.39, 0.29) is 23.7 Å². The minimum atomic E-state index is -1.04. The fourth-order valence-electron chi connectivity index (χ4n) is 2.57. The molecule has 1 aromatic carbocycles. The number of nitrogens with zero attached hydrogens (tertiary/aromatic N) is 3. The molecule has 1 N–H and O–H groups in total. The van der Waals surface area contributed by atoms with Crippen LogP contribution in [-0.2, 0) is 13.1 Å². The van der Waals surface area contributed by atoms with Gasteiger partial charge in [-0.1, -0.05) is 37.3 Å². The Balaban J connectivity index is 2.31. The van der Waals surface area contributed by atoms with Crippen LogP contribution in [0.2, 0.25) is 0 Å². The standard InChI is InChI=1S/C19H25N3O3/c1-4-12-22-17(23)11-10-16(20-22)18(24)21(14-19(2,3)25)13-15-8-6-5-7-9-15/h5-11,25H,4,12-14H2,1-3H3. The van der Waals surface area contributed by atoms with Crippen molar-refractivity contribution in [3.05, 3.63) is 64.1 Å². The number of hydrogen-bond acceptors (Lipinski definition) is 4. The first-order valence-corrected chi connectivity index (χ1v) is 8.44. The highest BCUT2D eigenvalue weighted by molar-refractivity contribution is 5.92. The van der Waals surface area contributed by atoms with Crippen LogP contribution in [0.5, 0.6) is 0 Å². The zero-order valence-corrected chi connectivity index (χ0v) is 15.0. The Labute approximate surface area is 147 Å². The monoisotopic (exact) mass is 343 g/mol. The van der Waals surface area contributed by atoms with E-state index in [4.69, 9.17) is 0 Å². The van der Waals surface area contributed by atoms with Crippen LogP contribution in [0.3, 0.4) is 0 Å². The fourth-order valence-corrected chi connectivity index (χ4v) is 2.57. The second-order valence-corrected chi connectivity index (χ2v) is 6.74. The van der Waals surface area contributed by atoms with E-state index in [1.807, 2.05) is 37.3 Å². The van der Waals surface area contributed by atoms with Gasteiger partial charge in [0.25, 0.3) is 11.5 Å². The zero-order valence-electron chi connectivity index (χ0n) is 15.0. The highest BCUT2D eigenvalue weighted by Gasteiger charge is 2.25. The van der Waals surface area contributed by atoms with Gasteiger partial charge in [-0.05, 0) is 31.9 Å². The smallest absolute Gasteiger partial charge is 0.274 e. The maximum Gasteiger partial charge on any atom is 0.274 e. The number of carbonyl (C=O) groups excluding carboxylic acids is 1. The van der Waals surface area contributed by atoms with Crippen molar-refractivity contribution in [3.63, 3.8) is 0 Å². The van der Waals surface area contributed by atoms with Crippen molar-refractivity contribution >= 4 is 5.91 Å². The van der Waals surface area contributed by atoms with E-state index in [1.165, 1.54) is 16.8 Å². The first-order chi connectivity index (χ1) is 11.8. The van der Waals surface area contributed by atoms with Crippen LogP contribution in [-0.4, -0.2) is 37.8 Å². The van der Waals surface area contributed by atoms with Gasteiger partial charge in [0, 0.05) is 25.7 Å².